The fourth-order valence-electron chi connectivity index (χ4n) is 1.03. The maximum absolute atomic E-state index is 7.87. The van der Waals surface area contributed by atoms with E-state index in [1.807, 2.05) is 0 Å². The SMILES string of the molecule is CCCCC[CH2][Zn][CH2]C.OP(O)(=S)S. The fourth-order valence-corrected chi connectivity index (χ4v) is 3.56. The van der Waals surface area contributed by atoms with Crippen LogP contribution in [0.1, 0.15) is 39.5 Å². The van der Waals surface area contributed by atoms with E-state index in [4.69, 9.17) is 9.79 Å². The van der Waals surface area contributed by atoms with E-state index in [0.29, 0.717) is 0 Å². The van der Waals surface area contributed by atoms with Crippen molar-refractivity contribution in [1.29, 1.82) is 0 Å². The number of hydrogen-bond donors (Lipinski definition) is 3. The predicted molar refractivity (Wildman–Crippen MR) is 67.1 cm³/mol. The van der Waals surface area contributed by atoms with E-state index in [1.54, 1.807) is 16.5 Å². The molecule has 0 spiro atoms. The molecule has 0 bridgehead atoms. The number of hydrogen-bond acceptors (Lipinski definition) is 1. The summed E-state index contributed by atoms with van der Waals surface area (Å²) >= 11 is 7.10. The monoisotopic (exact) mass is 308 g/mol. The van der Waals surface area contributed by atoms with Crippen LogP contribution in [-0.4, -0.2) is 9.79 Å². The van der Waals surface area contributed by atoms with Gasteiger partial charge in [0.25, 0.3) is 0 Å². The summed E-state index contributed by atoms with van der Waals surface area (Å²) in [5.74, 6) is 0. The van der Waals surface area contributed by atoms with Crippen LogP contribution in [0.25, 0.3) is 0 Å². The molecule has 0 atom stereocenters. The Hall–Kier alpha value is 1.54. The summed E-state index contributed by atoms with van der Waals surface area (Å²) in [5.41, 5.74) is -3.11. The van der Waals surface area contributed by atoms with Gasteiger partial charge in [0.05, 0.1) is 0 Å². The van der Waals surface area contributed by atoms with E-state index in [-0.39, 0.29) is 17.1 Å². The van der Waals surface area contributed by atoms with Gasteiger partial charge in [-0.1, -0.05) is 12.2 Å². The topological polar surface area (TPSA) is 40.5 Å². The molecule has 84 valence electrons. The standard InChI is InChI=1S/C6H13.C2H5.H3O2PS2.Zn/c1-3-5-6-4-2;1-2;1-3(2,4)5;/h1,3-6H2,2H3;1H2,2H3;(H3,1,2,4,5);. The van der Waals surface area contributed by atoms with Crippen molar-refractivity contribution in [3.05, 3.63) is 0 Å². The molecule has 0 heterocycles. The minimum Gasteiger partial charge on any atom is -0.338 e. The van der Waals surface area contributed by atoms with Gasteiger partial charge >= 0.3 is 66.7 Å². The van der Waals surface area contributed by atoms with Crippen LogP contribution < -0.4 is 0 Å². The summed E-state index contributed by atoms with van der Waals surface area (Å²) in [5, 5.41) is 3.20. The number of rotatable bonds is 6. The Morgan fingerprint density at radius 1 is 1.21 bits per heavy atom. The molecule has 0 rings (SSSR count). The first-order chi connectivity index (χ1) is 6.41. The van der Waals surface area contributed by atoms with Gasteiger partial charge in [-0.2, -0.15) is 0 Å². The third-order valence-corrected chi connectivity index (χ3v) is 5.29. The Bertz CT molecular complexity index is 138. The van der Waals surface area contributed by atoms with Crippen molar-refractivity contribution in [3.63, 3.8) is 0 Å². The molecule has 6 heteroatoms. The van der Waals surface area contributed by atoms with Crippen LogP contribution >= 0.6 is 17.9 Å². The second kappa shape index (κ2) is 12.6. The second-order valence-electron chi connectivity index (χ2n) is 3.28. The summed E-state index contributed by atoms with van der Waals surface area (Å²) < 4.78 is 0. The van der Waals surface area contributed by atoms with Gasteiger partial charge < -0.3 is 9.79 Å². The van der Waals surface area contributed by atoms with Crippen LogP contribution in [0.3, 0.4) is 0 Å². The summed E-state index contributed by atoms with van der Waals surface area (Å²) in [7, 11) is 0. The minimum atomic E-state index is -3.11. The first-order valence-electron chi connectivity index (χ1n) is 5.20. The maximum Gasteiger partial charge on any atom is 0.239 e. The molecule has 0 radical (unpaired) electrons. The summed E-state index contributed by atoms with van der Waals surface area (Å²) in [4.78, 5) is 15.7. The first-order valence-corrected chi connectivity index (χ1v) is 13.3. The summed E-state index contributed by atoms with van der Waals surface area (Å²) in [6.45, 7) is 4.63. The molecular formula is C8H21O2PS2Zn. The second-order valence-corrected chi connectivity index (χ2v) is 13.4. The fraction of sp³-hybridized carbons (Fsp3) is 1.00. The van der Waals surface area contributed by atoms with Gasteiger partial charge in [-0.15, -0.1) is 0 Å². The molecule has 0 unspecified atom stereocenters. The molecule has 0 saturated heterocycles. The third-order valence-electron chi connectivity index (χ3n) is 1.71. The first kappa shape index (κ1) is 17.9. The largest absolute Gasteiger partial charge is 0.338 e. The number of thiol groups is 1. The van der Waals surface area contributed by atoms with Gasteiger partial charge in [-0.3, -0.25) is 0 Å². The van der Waals surface area contributed by atoms with Gasteiger partial charge in [0.2, 0.25) is 5.69 Å². The van der Waals surface area contributed by atoms with Crippen LogP contribution in [0.4, 0.5) is 0 Å². The molecule has 0 saturated carbocycles. The van der Waals surface area contributed by atoms with E-state index in [2.05, 4.69) is 37.9 Å². The van der Waals surface area contributed by atoms with E-state index >= 15 is 0 Å². The normalized spacial score (nSPS) is 10.1. The van der Waals surface area contributed by atoms with Gasteiger partial charge in [0, 0.05) is 0 Å². The van der Waals surface area contributed by atoms with E-state index in [9.17, 15) is 0 Å². The van der Waals surface area contributed by atoms with Crippen LogP contribution in [-0.2, 0) is 28.9 Å². The van der Waals surface area contributed by atoms with Gasteiger partial charge in [-0.05, 0) is 11.8 Å². The molecule has 2 nitrogen and oxygen atoms in total. The Labute approximate surface area is 106 Å². The van der Waals surface area contributed by atoms with Crippen molar-refractivity contribution in [3.8, 4) is 0 Å². The summed E-state index contributed by atoms with van der Waals surface area (Å²) in [6, 6.07) is 0. The van der Waals surface area contributed by atoms with Gasteiger partial charge in [0.1, 0.15) is 0 Å². The zero-order valence-corrected chi connectivity index (χ0v) is 14.7. The molecule has 2 N–H and O–H groups in total. The van der Waals surface area contributed by atoms with Crippen LogP contribution in [0, 0.1) is 0 Å². The molecule has 0 aliphatic rings. The van der Waals surface area contributed by atoms with Crippen LogP contribution in [0.15, 0.2) is 0 Å². The van der Waals surface area contributed by atoms with Gasteiger partial charge in [-0.25, -0.2) is 0 Å². The minimum absolute atomic E-state index is 0.0296. The molecule has 0 amide bonds. The van der Waals surface area contributed by atoms with Crippen molar-refractivity contribution in [2.45, 2.75) is 49.6 Å². The molecule has 14 heavy (non-hydrogen) atoms. The van der Waals surface area contributed by atoms with Crippen LogP contribution in [0.2, 0.25) is 10.0 Å². The average Bonchev–Trinajstić information content (AvgIpc) is 2.01. The van der Waals surface area contributed by atoms with E-state index in [1.165, 1.54) is 19.3 Å². The zero-order valence-electron chi connectivity index (χ0n) is 9.15. The van der Waals surface area contributed by atoms with Crippen molar-refractivity contribution < 1.29 is 26.9 Å². The van der Waals surface area contributed by atoms with Crippen LogP contribution in [0.5, 0.6) is 0 Å². The molecule has 0 aromatic rings. The van der Waals surface area contributed by atoms with E-state index in [0.717, 1.165) is 0 Å². The quantitative estimate of drug-likeness (QED) is 0.304. The summed E-state index contributed by atoms with van der Waals surface area (Å²) in [6.07, 6.45) is 5.90. The molecular weight excluding hydrogens is 289 g/mol. The Balaban J connectivity index is 0. The van der Waals surface area contributed by atoms with Crippen molar-refractivity contribution in [1.82, 2.24) is 0 Å². The molecule has 0 aromatic carbocycles. The van der Waals surface area contributed by atoms with Crippen molar-refractivity contribution in [2.75, 3.05) is 0 Å². The number of unbranched alkanes of at least 4 members (excludes halogenated alkanes) is 3. The molecule has 0 aliphatic carbocycles. The molecule has 0 aliphatic heterocycles. The Kier molecular flexibility index (Phi) is 16.1. The van der Waals surface area contributed by atoms with E-state index < -0.39 is 5.69 Å². The van der Waals surface area contributed by atoms with Gasteiger partial charge in [0.15, 0.2) is 0 Å². The average molecular weight is 310 g/mol. The Morgan fingerprint density at radius 3 is 2.07 bits per heavy atom. The maximum atomic E-state index is 7.87. The zero-order chi connectivity index (χ0) is 11.4. The van der Waals surface area contributed by atoms with Crippen molar-refractivity contribution in [2.24, 2.45) is 0 Å². The van der Waals surface area contributed by atoms with Crippen molar-refractivity contribution >= 4 is 29.7 Å². The predicted octanol–water partition coefficient (Wildman–Crippen LogP) is 3.63. The molecule has 0 fully saturated rings. The molecule has 0 aromatic heterocycles. The third kappa shape index (κ3) is 37.4. The smallest absolute Gasteiger partial charge is 0.239 e. The Morgan fingerprint density at radius 2 is 1.71 bits per heavy atom.